The Morgan fingerprint density at radius 2 is 1.88 bits per heavy atom. The fourth-order valence-corrected chi connectivity index (χ4v) is 4.35. The molecule has 1 N–H and O–H groups in total. The van der Waals surface area contributed by atoms with Crippen LogP contribution >= 0.6 is 11.6 Å². The summed E-state index contributed by atoms with van der Waals surface area (Å²) in [5, 5.41) is 2.74. The highest BCUT2D eigenvalue weighted by atomic mass is 35.5. The number of fused-ring (bicyclic) bond motifs is 1. The number of benzene rings is 2. The fraction of sp³-hybridized carbons (Fsp3) is 0.375. The molecule has 4 rings (SSSR count). The Morgan fingerprint density at radius 3 is 2.61 bits per heavy atom. The van der Waals surface area contributed by atoms with Gasteiger partial charge in [-0.1, -0.05) is 42.5 Å². The van der Waals surface area contributed by atoms with Gasteiger partial charge in [0.15, 0.2) is 0 Å². The number of amides is 1. The van der Waals surface area contributed by atoms with Crippen LogP contribution in [0.5, 0.6) is 5.75 Å². The topological polar surface area (TPSA) is 50.8 Å². The van der Waals surface area contributed by atoms with Gasteiger partial charge < -0.3 is 14.8 Å². The van der Waals surface area contributed by atoms with Gasteiger partial charge in [-0.2, -0.15) is 13.2 Å². The van der Waals surface area contributed by atoms with Gasteiger partial charge in [0.25, 0.3) is 5.91 Å². The highest BCUT2D eigenvalue weighted by Crippen LogP contribution is 2.38. The largest absolute Gasteiger partial charge is 0.492 e. The number of alkyl halides is 4. The third-order valence-electron chi connectivity index (χ3n) is 5.75. The van der Waals surface area contributed by atoms with Gasteiger partial charge in [0.05, 0.1) is 24.5 Å². The molecule has 0 bridgehead atoms. The van der Waals surface area contributed by atoms with Gasteiger partial charge in [-0.15, -0.1) is 11.6 Å². The summed E-state index contributed by atoms with van der Waals surface area (Å²) in [6, 6.07) is 10.8. The van der Waals surface area contributed by atoms with Crippen LogP contribution in [0.15, 0.2) is 60.2 Å². The number of halogens is 4. The monoisotopic (exact) mass is 480 g/mol. The fourth-order valence-electron chi connectivity index (χ4n) is 3.95. The Morgan fingerprint density at radius 1 is 1.15 bits per heavy atom. The molecular formula is C24H24ClF3N2O3. The molecule has 1 aliphatic heterocycles. The molecule has 2 unspecified atom stereocenters. The zero-order valence-corrected chi connectivity index (χ0v) is 18.5. The van der Waals surface area contributed by atoms with Crippen molar-refractivity contribution in [3.05, 3.63) is 60.2 Å². The molecule has 2 aromatic rings. The highest BCUT2D eigenvalue weighted by molar-refractivity contribution is 6.27. The number of hydrogen-bond acceptors (Lipinski definition) is 4. The summed E-state index contributed by atoms with van der Waals surface area (Å²) >= 11 is 6.03. The SMILES string of the molecule is O=C(Nc1ccc(OCCN2CCOCC2)c2ccccc12)C1=CC=CC(C(F)(F)F)C1Cl. The van der Waals surface area contributed by atoms with Crippen LogP contribution in [-0.4, -0.2) is 61.8 Å². The summed E-state index contributed by atoms with van der Waals surface area (Å²) < 4.78 is 51.0. The average molecular weight is 481 g/mol. The van der Waals surface area contributed by atoms with Crippen LogP contribution in [0, 0.1) is 5.92 Å². The number of nitrogens with zero attached hydrogens (tertiary/aromatic N) is 1. The molecule has 9 heteroatoms. The number of allylic oxidation sites excluding steroid dienone is 3. The maximum absolute atomic E-state index is 13.2. The maximum atomic E-state index is 13.2. The van der Waals surface area contributed by atoms with Crippen LogP contribution in [-0.2, 0) is 9.53 Å². The van der Waals surface area contributed by atoms with Crippen LogP contribution in [0.4, 0.5) is 18.9 Å². The molecular weight excluding hydrogens is 457 g/mol. The quantitative estimate of drug-likeness (QED) is 0.605. The average Bonchev–Trinajstić information content (AvgIpc) is 2.80. The van der Waals surface area contributed by atoms with Crippen molar-refractivity contribution in [3.63, 3.8) is 0 Å². The number of hydrogen-bond donors (Lipinski definition) is 1. The normalized spacial score (nSPS) is 21.6. The van der Waals surface area contributed by atoms with E-state index in [2.05, 4.69) is 10.2 Å². The van der Waals surface area contributed by atoms with Crippen molar-refractivity contribution in [3.8, 4) is 5.75 Å². The van der Waals surface area contributed by atoms with Crippen LogP contribution in [0.25, 0.3) is 10.8 Å². The zero-order chi connectivity index (χ0) is 23.4. The van der Waals surface area contributed by atoms with E-state index in [1.807, 2.05) is 24.3 Å². The van der Waals surface area contributed by atoms with Gasteiger partial charge >= 0.3 is 6.18 Å². The zero-order valence-electron chi connectivity index (χ0n) is 17.8. The second kappa shape index (κ2) is 10.2. The Kier molecular flexibility index (Phi) is 7.26. The van der Waals surface area contributed by atoms with Crippen LogP contribution in [0.3, 0.4) is 0 Å². The van der Waals surface area contributed by atoms with Gasteiger partial charge in [-0.3, -0.25) is 9.69 Å². The number of carbonyl (C=O) groups excluding carboxylic acids is 1. The number of anilines is 1. The first-order chi connectivity index (χ1) is 15.8. The molecule has 5 nitrogen and oxygen atoms in total. The van der Waals surface area contributed by atoms with E-state index >= 15 is 0 Å². The predicted molar refractivity (Wildman–Crippen MR) is 122 cm³/mol. The molecule has 33 heavy (non-hydrogen) atoms. The van der Waals surface area contributed by atoms with E-state index in [4.69, 9.17) is 21.1 Å². The minimum Gasteiger partial charge on any atom is -0.492 e. The van der Waals surface area contributed by atoms with Crippen molar-refractivity contribution >= 4 is 34.0 Å². The molecule has 2 atom stereocenters. The minimum absolute atomic E-state index is 0.128. The molecule has 1 fully saturated rings. The standard InChI is InChI=1S/C24H24ClF3N2O3/c25-22-18(6-3-7-19(22)24(26,27)28)23(31)29-20-8-9-21(17-5-2-1-4-16(17)20)33-15-12-30-10-13-32-14-11-30/h1-9,19,22H,10-15H2,(H,29,31). The van der Waals surface area contributed by atoms with Crippen molar-refractivity contribution in [2.75, 3.05) is 44.8 Å². The Hall–Kier alpha value is -2.55. The molecule has 176 valence electrons. The summed E-state index contributed by atoms with van der Waals surface area (Å²) in [6.45, 7) is 4.46. The maximum Gasteiger partial charge on any atom is 0.396 e. The molecule has 1 aliphatic carbocycles. The van der Waals surface area contributed by atoms with Gasteiger partial charge in [-0.25, -0.2) is 0 Å². The van der Waals surface area contributed by atoms with Crippen molar-refractivity contribution in [1.29, 1.82) is 0 Å². The first-order valence-corrected chi connectivity index (χ1v) is 11.1. The summed E-state index contributed by atoms with van der Waals surface area (Å²) in [7, 11) is 0. The first-order valence-electron chi connectivity index (χ1n) is 10.7. The molecule has 1 amide bonds. The summed E-state index contributed by atoms with van der Waals surface area (Å²) in [5.74, 6) is -1.91. The number of rotatable bonds is 6. The molecule has 1 saturated heterocycles. The lowest BCUT2D eigenvalue weighted by molar-refractivity contribution is -0.160. The van der Waals surface area contributed by atoms with E-state index in [1.165, 1.54) is 12.2 Å². The molecule has 0 spiro atoms. The van der Waals surface area contributed by atoms with E-state index in [9.17, 15) is 18.0 Å². The third-order valence-corrected chi connectivity index (χ3v) is 6.25. The van der Waals surface area contributed by atoms with Crippen molar-refractivity contribution in [1.82, 2.24) is 4.90 Å². The van der Waals surface area contributed by atoms with Gasteiger partial charge in [0, 0.05) is 41.7 Å². The molecule has 1 heterocycles. The second-order valence-electron chi connectivity index (χ2n) is 7.89. The van der Waals surface area contributed by atoms with Gasteiger partial charge in [0.1, 0.15) is 12.4 Å². The lowest BCUT2D eigenvalue weighted by atomic mass is 9.92. The Bertz CT molecular complexity index is 1060. The number of morpholine rings is 1. The lowest BCUT2D eigenvalue weighted by Crippen LogP contribution is -2.38. The van der Waals surface area contributed by atoms with Crippen molar-refractivity contribution in [2.45, 2.75) is 11.6 Å². The number of ether oxygens (including phenoxy) is 2. The number of carbonyl (C=O) groups is 1. The number of nitrogens with one attached hydrogen (secondary N) is 1. The third kappa shape index (κ3) is 5.51. The van der Waals surface area contributed by atoms with Crippen LogP contribution in [0.1, 0.15) is 0 Å². The van der Waals surface area contributed by atoms with E-state index < -0.39 is 23.4 Å². The summed E-state index contributed by atoms with van der Waals surface area (Å²) in [6.07, 6.45) is -1.03. The first kappa shape index (κ1) is 23.6. The van der Waals surface area contributed by atoms with Crippen molar-refractivity contribution < 1.29 is 27.4 Å². The molecule has 0 saturated carbocycles. The summed E-state index contributed by atoms with van der Waals surface area (Å²) in [4.78, 5) is 15.1. The molecule has 0 aromatic heterocycles. The Balaban J connectivity index is 1.48. The highest BCUT2D eigenvalue weighted by Gasteiger charge is 2.45. The van der Waals surface area contributed by atoms with E-state index in [1.54, 1.807) is 12.1 Å². The van der Waals surface area contributed by atoms with Gasteiger partial charge in [-0.05, 0) is 12.1 Å². The van der Waals surface area contributed by atoms with Crippen LogP contribution in [0.2, 0.25) is 0 Å². The molecule has 2 aromatic carbocycles. The van der Waals surface area contributed by atoms with E-state index in [0.717, 1.165) is 49.7 Å². The van der Waals surface area contributed by atoms with Crippen molar-refractivity contribution in [2.24, 2.45) is 5.92 Å². The predicted octanol–water partition coefficient (Wildman–Crippen LogP) is 4.77. The minimum atomic E-state index is -4.53. The Labute approximate surface area is 194 Å². The molecule has 2 aliphatic rings. The van der Waals surface area contributed by atoms with E-state index in [-0.39, 0.29) is 5.57 Å². The lowest BCUT2D eigenvalue weighted by Gasteiger charge is -2.26. The summed E-state index contributed by atoms with van der Waals surface area (Å²) in [5.41, 5.74) is 0.343. The molecule has 0 radical (unpaired) electrons. The van der Waals surface area contributed by atoms with E-state index in [0.29, 0.717) is 18.0 Å². The smallest absolute Gasteiger partial charge is 0.396 e. The van der Waals surface area contributed by atoms with Crippen LogP contribution < -0.4 is 10.1 Å². The second-order valence-corrected chi connectivity index (χ2v) is 8.36. The van der Waals surface area contributed by atoms with Gasteiger partial charge in [0.2, 0.25) is 0 Å².